The van der Waals surface area contributed by atoms with Crippen LogP contribution in [0.4, 0.5) is 10.5 Å². The van der Waals surface area contributed by atoms with Crippen molar-refractivity contribution in [2.24, 2.45) is 0 Å². The molecule has 0 radical (unpaired) electrons. The van der Waals surface area contributed by atoms with Crippen LogP contribution in [0.2, 0.25) is 0 Å². The second-order valence-corrected chi connectivity index (χ2v) is 4.83. The molecule has 7 nitrogen and oxygen atoms in total. The van der Waals surface area contributed by atoms with Crippen LogP contribution >= 0.6 is 0 Å². The number of hydrogen-bond acceptors (Lipinski definition) is 4. The Kier molecular flexibility index (Phi) is 4.89. The first-order valence-corrected chi connectivity index (χ1v) is 6.80. The summed E-state index contributed by atoms with van der Waals surface area (Å²) in [6.07, 6.45) is 1.41. The van der Waals surface area contributed by atoms with E-state index in [1.807, 2.05) is 38.2 Å². The van der Waals surface area contributed by atoms with Gasteiger partial charge in [0, 0.05) is 11.7 Å². The molecule has 2 unspecified atom stereocenters. The zero-order valence-corrected chi connectivity index (χ0v) is 12.3. The monoisotopic (exact) mass is 288 g/mol. The molecule has 0 aliphatic heterocycles. The largest absolute Gasteiger partial charge is 0.328 e. The number of benzene rings is 1. The molecule has 0 spiro atoms. The Bertz CT molecular complexity index is 583. The topological polar surface area (TPSA) is 94.7 Å². The quantitative estimate of drug-likeness (QED) is 0.676. The van der Waals surface area contributed by atoms with Crippen molar-refractivity contribution in [2.75, 3.05) is 12.4 Å². The molecule has 0 saturated carbocycles. The van der Waals surface area contributed by atoms with Crippen molar-refractivity contribution in [1.29, 1.82) is 0 Å². The van der Waals surface area contributed by atoms with E-state index >= 15 is 0 Å². The third-order valence-corrected chi connectivity index (χ3v) is 3.27. The Hall–Kier alpha value is -2.41. The van der Waals surface area contributed by atoms with Crippen LogP contribution in [0.1, 0.15) is 37.3 Å². The average molecular weight is 288 g/mol. The van der Waals surface area contributed by atoms with Crippen LogP contribution in [0.5, 0.6) is 0 Å². The van der Waals surface area contributed by atoms with Gasteiger partial charge < -0.3 is 16.0 Å². The van der Waals surface area contributed by atoms with E-state index in [0.29, 0.717) is 5.82 Å². The first kappa shape index (κ1) is 15.0. The second kappa shape index (κ2) is 6.85. The Balaban J connectivity index is 1.96. The number of anilines is 1. The second-order valence-electron chi connectivity index (χ2n) is 4.83. The fraction of sp³-hybridized carbons (Fsp3) is 0.357. The average Bonchev–Trinajstić information content (AvgIpc) is 3.00. The van der Waals surface area contributed by atoms with Crippen molar-refractivity contribution < 1.29 is 4.79 Å². The molecular weight excluding hydrogens is 268 g/mol. The summed E-state index contributed by atoms with van der Waals surface area (Å²) in [5, 5.41) is 15.3. The molecule has 4 N–H and O–H groups in total. The molecule has 2 aromatic rings. The summed E-state index contributed by atoms with van der Waals surface area (Å²) >= 11 is 0. The lowest BCUT2D eigenvalue weighted by molar-refractivity contribution is 0.249. The van der Waals surface area contributed by atoms with Crippen LogP contribution < -0.4 is 16.0 Å². The number of urea groups is 1. The van der Waals surface area contributed by atoms with Crippen LogP contribution in [-0.2, 0) is 0 Å². The number of H-pyrrole nitrogens is 1. The van der Waals surface area contributed by atoms with Gasteiger partial charge in [0.1, 0.15) is 12.2 Å². The van der Waals surface area contributed by atoms with Crippen LogP contribution in [0, 0.1) is 0 Å². The fourth-order valence-electron chi connectivity index (χ4n) is 1.91. The zero-order chi connectivity index (χ0) is 15.2. The minimum atomic E-state index is -0.284. The number of aromatic amines is 1. The highest BCUT2D eigenvalue weighted by atomic mass is 16.2. The molecule has 1 heterocycles. The molecule has 21 heavy (non-hydrogen) atoms. The predicted octanol–water partition coefficient (Wildman–Crippen LogP) is 1.97. The molecule has 0 aliphatic carbocycles. The van der Waals surface area contributed by atoms with Gasteiger partial charge >= 0.3 is 6.03 Å². The van der Waals surface area contributed by atoms with E-state index in [1.54, 1.807) is 0 Å². The summed E-state index contributed by atoms with van der Waals surface area (Å²) in [4.78, 5) is 16.0. The molecule has 0 aliphatic rings. The van der Waals surface area contributed by atoms with Gasteiger partial charge in [-0.15, -0.1) is 0 Å². The van der Waals surface area contributed by atoms with Crippen molar-refractivity contribution in [3.8, 4) is 0 Å². The third kappa shape index (κ3) is 4.03. The number of rotatable bonds is 5. The fourth-order valence-corrected chi connectivity index (χ4v) is 1.91. The number of carbonyl (C=O) groups excluding carboxylic acids is 1. The van der Waals surface area contributed by atoms with Crippen molar-refractivity contribution in [3.05, 3.63) is 42.0 Å². The van der Waals surface area contributed by atoms with E-state index in [2.05, 4.69) is 38.1 Å². The van der Waals surface area contributed by atoms with Gasteiger partial charge in [-0.2, -0.15) is 5.10 Å². The molecule has 112 valence electrons. The Labute approximate surface area is 123 Å². The van der Waals surface area contributed by atoms with Gasteiger partial charge in [0.05, 0.1) is 6.04 Å². The smallest absolute Gasteiger partial charge is 0.319 e. The summed E-state index contributed by atoms with van der Waals surface area (Å²) in [5.41, 5.74) is 1.86. The molecule has 0 saturated heterocycles. The van der Waals surface area contributed by atoms with Crippen molar-refractivity contribution in [1.82, 2.24) is 25.8 Å². The Morgan fingerprint density at radius 1 is 1.29 bits per heavy atom. The summed E-state index contributed by atoms with van der Waals surface area (Å²) in [6.45, 7) is 3.89. The lowest BCUT2D eigenvalue weighted by Crippen LogP contribution is -2.31. The molecule has 1 aromatic carbocycles. The zero-order valence-electron chi connectivity index (χ0n) is 12.3. The minimum absolute atomic E-state index is 0.225. The standard InChI is InChI=1S/C14H20N6O/c1-9(15-3)11-5-4-6-12(7-11)19-14(21)18-10(2)13-16-8-17-20-13/h4-10,15H,1-3H3,(H,16,17,20)(H2,18,19,21). The van der Waals surface area contributed by atoms with Gasteiger partial charge in [-0.05, 0) is 38.6 Å². The molecule has 2 rings (SSSR count). The SMILES string of the molecule is CNC(C)c1cccc(NC(=O)NC(C)c2ncn[nH]2)c1. The van der Waals surface area contributed by atoms with Crippen LogP contribution in [-0.4, -0.2) is 28.3 Å². The highest BCUT2D eigenvalue weighted by Gasteiger charge is 2.12. The first-order chi connectivity index (χ1) is 10.1. The summed E-state index contributed by atoms with van der Waals surface area (Å²) in [7, 11) is 1.90. The number of hydrogen-bond donors (Lipinski definition) is 4. The van der Waals surface area contributed by atoms with E-state index < -0.39 is 0 Å². The van der Waals surface area contributed by atoms with Gasteiger partial charge in [-0.1, -0.05) is 12.1 Å². The summed E-state index contributed by atoms with van der Waals surface area (Å²) in [6, 6.07) is 7.42. The molecule has 1 aromatic heterocycles. The van der Waals surface area contributed by atoms with Crippen LogP contribution in [0.3, 0.4) is 0 Å². The Morgan fingerprint density at radius 3 is 2.76 bits per heavy atom. The van der Waals surface area contributed by atoms with Gasteiger partial charge in [0.15, 0.2) is 0 Å². The highest BCUT2D eigenvalue weighted by molar-refractivity contribution is 5.89. The van der Waals surface area contributed by atoms with Crippen LogP contribution in [0.25, 0.3) is 0 Å². The molecular formula is C14H20N6O. The predicted molar refractivity (Wildman–Crippen MR) is 80.9 cm³/mol. The summed E-state index contributed by atoms with van der Waals surface area (Å²) < 4.78 is 0. The number of carbonyl (C=O) groups is 1. The maximum atomic E-state index is 12.0. The van der Waals surface area contributed by atoms with E-state index in [-0.39, 0.29) is 18.1 Å². The van der Waals surface area contributed by atoms with Crippen molar-refractivity contribution in [3.63, 3.8) is 0 Å². The molecule has 7 heteroatoms. The van der Waals surface area contributed by atoms with E-state index in [1.165, 1.54) is 6.33 Å². The lowest BCUT2D eigenvalue weighted by Gasteiger charge is -2.14. The maximum absolute atomic E-state index is 12.0. The first-order valence-electron chi connectivity index (χ1n) is 6.80. The number of aromatic nitrogens is 3. The van der Waals surface area contributed by atoms with E-state index in [0.717, 1.165) is 11.3 Å². The Morgan fingerprint density at radius 2 is 2.10 bits per heavy atom. The van der Waals surface area contributed by atoms with Gasteiger partial charge in [-0.25, -0.2) is 9.78 Å². The number of nitrogens with one attached hydrogen (secondary N) is 4. The third-order valence-electron chi connectivity index (χ3n) is 3.27. The number of nitrogens with zero attached hydrogens (tertiary/aromatic N) is 2. The van der Waals surface area contributed by atoms with E-state index in [9.17, 15) is 4.79 Å². The van der Waals surface area contributed by atoms with Crippen LogP contribution in [0.15, 0.2) is 30.6 Å². The van der Waals surface area contributed by atoms with E-state index in [4.69, 9.17) is 0 Å². The van der Waals surface area contributed by atoms with Crippen molar-refractivity contribution in [2.45, 2.75) is 25.9 Å². The molecule has 0 fully saturated rings. The minimum Gasteiger partial charge on any atom is -0.328 e. The molecule has 0 bridgehead atoms. The normalized spacial score (nSPS) is 13.5. The molecule has 2 amide bonds. The maximum Gasteiger partial charge on any atom is 0.319 e. The van der Waals surface area contributed by atoms with Gasteiger partial charge in [0.2, 0.25) is 0 Å². The number of amides is 2. The lowest BCUT2D eigenvalue weighted by atomic mass is 10.1. The highest BCUT2D eigenvalue weighted by Crippen LogP contribution is 2.17. The van der Waals surface area contributed by atoms with Gasteiger partial charge in [0.25, 0.3) is 0 Å². The molecule has 2 atom stereocenters. The summed E-state index contributed by atoms with van der Waals surface area (Å²) in [5.74, 6) is 0.614. The van der Waals surface area contributed by atoms with Crippen molar-refractivity contribution >= 4 is 11.7 Å². The van der Waals surface area contributed by atoms with Gasteiger partial charge in [-0.3, -0.25) is 5.10 Å².